The zero-order chi connectivity index (χ0) is 35.4. The van der Waals surface area contributed by atoms with Crippen molar-refractivity contribution in [1.82, 2.24) is 14.7 Å². The zero-order valence-electron chi connectivity index (χ0n) is 28.6. The first kappa shape index (κ1) is 36.2. The number of alkyl halides is 1. The van der Waals surface area contributed by atoms with E-state index >= 15 is 4.79 Å². The lowest BCUT2D eigenvalue weighted by molar-refractivity contribution is -0.151. The maximum atomic E-state index is 15.0. The number of hydrogen-bond acceptors (Lipinski definition) is 8. The Labute approximate surface area is 302 Å². The minimum Gasteiger partial charge on any atom is -0.494 e. The monoisotopic (exact) mass is 750 g/mol. The van der Waals surface area contributed by atoms with E-state index in [0.29, 0.717) is 56.3 Å². The number of likely N-dealkylation sites (tertiary alicyclic amines) is 1. The van der Waals surface area contributed by atoms with Gasteiger partial charge in [0.15, 0.2) is 0 Å². The summed E-state index contributed by atoms with van der Waals surface area (Å²) in [5.74, 6) is -2.09. The molecule has 50 heavy (non-hydrogen) atoms. The largest absolute Gasteiger partial charge is 0.494 e. The molecule has 3 amide bonds. The number of aliphatic hydroxyl groups excluding tert-OH is 1. The zero-order valence-corrected chi connectivity index (χ0v) is 30.2. The van der Waals surface area contributed by atoms with E-state index in [9.17, 15) is 14.7 Å². The summed E-state index contributed by atoms with van der Waals surface area (Å²) < 4.78 is 18.0. The van der Waals surface area contributed by atoms with Gasteiger partial charge in [0.2, 0.25) is 17.7 Å². The molecule has 1 spiro atoms. The van der Waals surface area contributed by atoms with Crippen molar-refractivity contribution < 1.29 is 33.7 Å². The number of amides is 3. The molecule has 6 rings (SSSR count). The average molecular weight is 752 g/mol. The van der Waals surface area contributed by atoms with Gasteiger partial charge in [-0.3, -0.25) is 19.3 Å². The molecule has 4 fully saturated rings. The summed E-state index contributed by atoms with van der Waals surface area (Å²) >= 11 is 3.80. The summed E-state index contributed by atoms with van der Waals surface area (Å²) in [6, 6.07) is 14.6. The first-order valence-corrected chi connectivity index (χ1v) is 18.4. The Morgan fingerprint density at radius 2 is 1.78 bits per heavy atom. The second-order valence-electron chi connectivity index (χ2n) is 13.2. The number of carbonyl (C=O) groups excluding carboxylic acids is 3. The molecule has 0 saturated carbocycles. The van der Waals surface area contributed by atoms with E-state index in [1.165, 1.54) is 4.90 Å². The molecule has 3 unspecified atom stereocenters. The normalized spacial score (nSPS) is 27.9. The Bertz CT molecular complexity index is 1540. The van der Waals surface area contributed by atoms with Gasteiger partial charge >= 0.3 is 0 Å². The maximum Gasteiger partial charge on any atom is 0.248 e. The number of hydrogen-bond donors (Lipinski definition) is 1. The summed E-state index contributed by atoms with van der Waals surface area (Å²) in [5.41, 5.74) is 0.0256. The third-order valence-electron chi connectivity index (χ3n) is 10.4. The molecule has 4 saturated heterocycles. The molecule has 2 aromatic rings. The van der Waals surface area contributed by atoms with Crippen molar-refractivity contribution in [3.63, 3.8) is 0 Å². The molecule has 12 heteroatoms. The Kier molecular flexibility index (Phi) is 11.4. The van der Waals surface area contributed by atoms with E-state index < -0.39 is 42.2 Å². The highest BCUT2D eigenvalue weighted by molar-refractivity contribution is 9.09. The molecule has 4 aliphatic rings. The molecule has 11 nitrogen and oxygen atoms in total. The van der Waals surface area contributed by atoms with Crippen LogP contribution in [0, 0.1) is 11.8 Å². The number of halogens is 1. The van der Waals surface area contributed by atoms with E-state index in [4.69, 9.17) is 14.2 Å². The molecule has 268 valence electrons. The summed E-state index contributed by atoms with van der Waals surface area (Å²) in [4.78, 5) is 51.6. The Morgan fingerprint density at radius 1 is 1.08 bits per heavy atom. The van der Waals surface area contributed by atoms with Gasteiger partial charge in [0.05, 0.1) is 50.4 Å². The Balaban J connectivity index is 1.40. The van der Waals surface area contributed by atoms with Crippen molar-refractivity contribution in [1.29, 1.82) is 0 Å². The lowest BCUT2D eigenvalue weighted by Crippen LogP contribution is -2.58. The predicted molar refractivity (Wildman–Crippen MR) is 193 cm³/mol. The number of rotatable bonds is 15. The van der Waals surface area contributed by atoms with Crippen LogP contribution in [0.3, 0.4) is 0 Å². The number of morpholine rings is 1. The SMILES string of the molecule is C=CCN(CCN1CCOCC1)C(=O)C1N([C@H](CO)c2ccccc2)C(=O)[C@@H]2[C@H](C(=O)N(CC=C)c3ccc(OCC)cc3)[C@H]3OC12CC3Br. The minimum atomic E-state index is -1.30. The van der Waals surface area contributed by atoms with Gasteiger partial charge in [0.1, 0.15) is 17.4 Å². The third-order valence-corrected chi connectivity index (χ3v) is 11.3. The van der Waals surface area contributed by atoms with Crippen LogP contribution in [0.2, 0.25) is 0 Å². The Morgan fingerprint density at radius 3 is 2.42 bits per heavy atom. The third kappa shape index (κ3) is 6.64. The standard InChI is InChI=1S/C38H47BrN4O7/c1-4-16-41(19-18-40-20-22-48-23-21-40)37(47)34-38-24-29(39)33(50-38)31(32(38)36(46)43(34)30(25-44)26-10-8-7-9-11-26)35(45)42(17-5-2)27-12-14-28(15-13-27)49-6-3/h4-5,7-15,29-34,44H,1-2,6,16-25H2,3H3/t29?,30-,31+,32+,33+,34?,38?/m1/s1. The highest BCUT2D eigenvalue weighted by Gasteiger charge is 2.77. The fourth-order valence-corrected chi connectivity index (χ4v) is 9.16. The van der Waals surface area contributed by atoms with E-state index in [2.05, 4.69) is 34.0 Å². The smallest absolute Gasteiger partial charge is 0.248 e. The number of anilines is 1. The summed E-state index contributed by atoms with van der Waals surface area (Å²) in [6.07, 6.45) is 3.05. The minimum absolute atomic E-state index is 0.209. The van der Waals surface area contributed by atoms with Gasteiger partial charge in [-0.25, -0.2) is 0 Å². The quantitative estimate of drug-likeness (QED) is 0.218. The Hall–Kier alpha value is -3.55. The molecular weight excluding hydrogens is 704 g/mol. The van der Waals surface area contributed by atoms with Crippen LogP contribution in [0.25, 0.3) is 0 Å². The molecule has 0 aliphatic carbocycles. The summed E-state index contributed by atoms with van der Waals surface area (Å²) in [7, 11) is 0. The van der Waals surface area contributed by atoms with Crippen molar-refractivity contribution in [3.05, 3.63) is 85.5 Å². The van der Waals surface area contributed by atoms with Crippen LogP contribution in [-0.4, -0.2) is 126 Å². The number of nitrogens with zero attached hydrogens (tertiary/aromatic N) is 4. The molecule has 1 N–H and O–H groups in total. The topological polar surface area (TPSA) is 112 Å². The van der Waals surface area contributed by atoms with Gasteiger partial charge in [-0.05, 0) is 43.2 Å². The van der Waals surface area contributed by atoms with Crippen LogP contribution >= 0.6 is 15.9 Å². The van der Waals surface area contributed by atoms with Crippen molar-refractivity contribution in [2.75, 3.05) is 70.6 Å². The van der Waals surface area contributed by atoms with Crippen molar-refractivity contribution in [2.45, 2.75) is 42.0 Å². The van der Waals surface area contributed by atoms with Crippen LogP contribution in [-0.2, 0) is 23.9 Å². The second-order valence-corrected chi connectivity index (χ2v) is 14.4. The molecular formula is C38H47BrN4O7. The molecule has 4 aliphatic heterocycles. The molecule has 0 radical (unpaired) electrons. The van der Waals surface area contributed by atoms with Gasteiger partial charge in [0.25, 0.3) is 0 Å². The average Bonchev–Trinajstić information content (AvgIpc) is 3.73. The van der Waals surface area contributed by atoms with Crippen molar-refractivity contribution in [2.24, 2.45) is 11.8 Å². The van der Waals surface area contributed by atoms with Crippen LogP contribution in [0.4, 0.5) is 5.69 Å². The molecule has 2 bridgehead atoms. The van der Waals surface area contributed by atoms with Gasteiger partial charge in [0, 0.05) is 49.8 Å². The van der Waals surface area contributed by atoms with Gasteiger partial charge < -0.3 is 34.0 Å². The fourth-order valence-electron chi connectivity index (χ4n) is 8.22. The van der Waals surface area contributed by atoms with E-state index in [0.717, 1.165) is 13.1 Å². The van der Waals surface area contributed by atoms with Crippen LogP contribution in [0.15, 0.2) is 79.9 Å². The molecule has 2 aromatic carbocycles. The predicted octanol–water partition coefficient (Wildman–Crippen LogP) is 3.43. The van der Waals surface area contributed by atoms with E-state index in [1.54, 1.807) is 22.0 Å². The summed E-state index contributed by atoms with van der Waals surface area (Å²) in [6.45, 7) is 14.2. The van der Waals surface area contributed by atoms with Crippen molar-refractivity contribution >= 4 is 39.3 Å². The molecule has 0 aromatic heterocycles. The maximum absolute atomic E-state index is 15.0. The van der Waals surface area contributed by atoms with Gasteiger partial charge in [-0.1, -0.05) is 58.4 Å². The first-order valence-electron chi connectivity index (χ1n) is 17.4. The van der Waals surface area contributed by atoms with E-state index in [-0.39, 0.29) is 35.6 Å². The second kappa shape index (κ2) is 15.8. The number of carbonyl (C=O) groups is 3. The van der Waals surface area contributed by atoms with Crippen LogP contribution in [0.5, 0.6) is 5.75 Å². The van der Waals surface area contributed by atoms with Crippen molar-refractivity contribution in [3.8, 4) is 5.75 Å². The number of benzene rings is 2. The number of ether oxygens (including phenoxy) is 3. The van der Waals surface area contributed by atoms with Gasteiger partial charge in [-0.15, -0.1) is 13.2 Å². The fraction of sp³-hybridized carbons (Fsp3) is 0.500. The number of fused-ring (bicyclic) bond motifs is 1. The van der Waals surface area contributed by atoms with Gasteiger partial charge in [-0.2, -0.15) is 0 Å². The number of aliphatic hydroxyl groups is 1. The first-order chi connectivity index (χ1) is 24.3. The molecule has 7 atom stereocenters. The van der Waals surface area contributed by atoms with E-state index in [1.807, 2.05) is 61.5 Å². The van der Waals surface area contributed by atoms with Crippen LogP contribution in [0.1, 0.15) is 24.9 Å². The van der Waals surface area contributed by atoms with Crippen LogP contribution < -0.4 is 9.64 Å². The summed E-state index contributed by atoms with van der Waals surface area (Å²) in [5, 5.41) is 10.9. The lowest BCUT2D eigenvalue weighted by Gasteiger charge is -2.40. The highest BCUT2D eigenvalue weighted by Crippen LogP contribution is 2.61. The lowest BCUT2D eigenvalue weighted by atomic mass is 9.70. The molecule has 4 heterocycles. The highest BCUT2D eigenvalue weighted by atomic mass is 79.9.